The van der Waals surface area contributed by atoms with Crippen LogP contribution in [0.3, 0.4) is 0 Å². The molecule has 0 aliphatic carbocycles. The van der Waals surface area contributed by atoms with Crippen LogP contribution in [0.25, 0.3) is 5.69 Å². The predicted octanol–water partition coefficient (Wildman–Crippen LogP) is 2.12. The van der Waals surface area contributed by atoms with Crippen molar-refractivity contribution in [3.63, 3.8) is 0 Å². The summed E-state index contributed by atoms with van der Waals surface area (Å²) in [6.45, 7) is 4.41. The summed E-state index contributed by atoms with van der Waals surface area (Å²) < 4.78 is 34.6. The Labute approximate surface area is 192 Å². The van der Waals surface area contributed by atoms with Crippen LogP contribution in [0, 0.1) is 0 Å². The smallest absolute Gasteiger partial charge is 0.243 e. The summed E-state index contributed by atoms with van der Waals surface area (Å²) in [5.74, 6) is -0.248. The van der Waals surface area contributed by atoms with Gasteiger partial charge in [0.1, 0.15) is 12.7 Å². The van der Waals surface area contributed by atoms with Crippen molar-refractivity contribution in [3.05, 3.63) is 61.2 Å². The summed E-state index contributed by atoms with van der Waals surface area (Å²) in [6.07, 6.45) is 2.75. The third-order valence-electron chi connectivity index (χ3n) is 5.17. The molecule has 1 aliphatic heterocycles. The van der Waals surface area contributed by atoms with E-state index in [9.17, 15) is 13.2 Å². The lowest BCUT2D eigenvalue weighted by molar-refractivity contribution is -0.114. The van der Waals surface area contributed by atoms with Gasteiger partial charge in [-0.05, 0) is 62.4 Å². The summed E-state index contributed by atoms with van der Waals surface area (Å²) in [6, 6.07) is 13.6. The molecular weight excluding hydrogens is 444 g/mol. The van der Waals surface area contributed by atoms with Crippen LogP contribution in [0.5, 0.6) is 0 Å². The molecule has 2 N–H and O–H groups in total. The van der Waals surface area contributed by atoms with E-state index in [1.165, 1.54) is 22.8 Å². The third kappa shape index (κ3) is 5.56. The molecule has 1 aliphatic rings. The minimum Gasteiger partial charge on any atom is -0.376 e. The lowest BCUT2D eigenvalue weighted by Crippen LogP contribution is -2.48. The van der Waals surface area contributed by atoms with Crippen molar-refractivity contribution in [1.82, 2.24) is 19.1 Å². The average molecular weight is 471 g/mol. The van der Waals surface area contributed by atoms with Crippen molar-refractivity contribution in [3.8, 4) is 5.69 Å². The summed E-state index contributed by atoms with van der Waals surface area (Å²) in [4.78, 5) is 16.4. The summed E-state index contributed by atoms with van der Waals surface area (Å²) in [7, 11) is -3.62. The fourth-order valence-electron chi connectivity index (χ4n) is 3.65. The SMILES string of the molecule is CC1CN(S(=O)(=O)c2ccc(NC(=O)CNc3ccc(-n4cncn4)cc3)cc2)CC(C)O1. The number of nitrogens with zero attached hydrogens (tertiary/aromatic N) is 4. The molecule has 2 unspecified atom stereocenters. The number of nitrogens with one attached hydrogen (secondary N) is 2. The van der Waals surface area contributed by atoms with Crippen LogP contribution in [0.15, 0.2) is 66.1 Å². The maximum Gasteiger partial charge on any atom is 0.243 e. The van der Waals surface area contributed by atoms with Gasteiger partial charge in [0.15, 0.2) is 0 Å². The Bertz CT molecular complexity index is 1170. The number of hydrogen-bond donors (Lipinski definition) is 2. The largest absolute Gasteiger partial charge is 0.376 e. The molecule has 10 nitrogen and oxygen atoms in total. The highest BCUT2D eigenvalue weighted by Crippen LogP contribution is 2.22. The van der Waals surface area contributed by atoms with Crippen LogP contribution in [0.2, 0.25) is 0 Å². The zero-order valence-electron chi connectivity index (χ0n) is 18.4. The molecule has 0 saturated carbocycles. The second-order valence-electron chi connectivity index (χ2n) is 7.89. The molecule has 2 heterocycles. The number of morpholine rings is 1. The van der Waals surface area contributed by atoms with Crippen molar-refractivity contribution in [1.29, 1.82) is 0 Å². The number of anilines is 2. The second-order valence-corrected chi connectivity index (χ2v) is 9.83. The van der Waals surface area contributed by atoms with Gasteiger partial charge in [0.05, 0.1) is 29.3 Å². The molecule has 3 aromatic rings. The van der Waals surface area contributed by atoms with Crippen LogP contribution in [-0.2, 0) is 19.6 Å². The molecule has 1 saturated heterocycles. The molecular formula is C22H26N6O4S. The number of aromatic nitrogens is 3. The lowest BCUT2D eigenvalue weighted by atomic mass is 10.3. The number of rotatable bonds is 7. The fourth-order valence-corrected chi connectivity index (χ4v) is 5.24. The van der Waals surface area contributed by atoms with Gasteiger partial charge in [-0.1, -0.05) is 0 Å². The van der Waals surface area contributed by atoms with E-state index in [4.69, 9.17) is 4.74 Å². The Hall–Kier alpha value is -3.28. The molecule has 2 aromatic carbocycles. The molecule has 11 heteroatoms. The molecule has 0 bridgehead atoms. The highest BCUT2D eigenvalue weighted by atomic mass is 32.2. The van der Waals surface area contributed by atoms with Gasteiger partial charge in [-0.3, -0.25) is 4.79 Å². The summed E-state index contributed by atoms with van der Waals surface area (Å²) >= 11 is 0. The minimum atomic E-state index is -3.62. The van der Waals surface area contributed by atoms with Gasteiger partial charge in [-0.2, -0.15) is 9.40 Å². The van der Waals surface area contributed by atoms with E-state index in [1.807, 2.05) is 38.1 Å². The Balaban J connectivity index is 1.31. The van der Waals surface area contributed by atoms with Gasteiger partial charge < -0.3 is 15.4 Å². The van der Waals surface area contributed by atoms with Crippen LogP contribution in [-0.4, -0.2) is 65.2 Å². The number of benzene rings is 2. The zero-order valence-corrected chi connectivity index (χ0v) is 19.2. The van der Waals surface area contributed by atoms with Crippen LogP contribution < -0.4 is 10.6 Å². The highest BCUT2D eigenvalue weighted by molar-refractivity contribution is 7.89. The first-order chi connectivity index (χ1) is 15.8. The van der Waals surface area contributed by atoms with E-state index in [0.29, 0.717) is 18.8 Å². The van der Waals surface area contributed by atoms with E-state index in [-0.39, 0.29) is 29.6 Å². The van der Waals surface area contributed by atoms with Gasteiger partial charge in [-0.25, -0.2) is 18.1 Å². The van der Waals surface area contributed by atoms with Crippen molar-refractivity contribution in [2.45, 2.75) is 31.0 Å². The van der Waals surface area contributed by atoms with E-state index in [1.54, 1.807) is 23.1 Å². The molecule has 174 valence electrons. The molecule has 2 atom stereocenters. The summed E-state index contributed by atoms with van der Waals surface area (Å²) in [5, 5.41) is 9.89. The normalized spacial score (nSPS) is 19.2. The van der Waals surface area contributed by atoms with Crippen molar-refractivity contribution in [2.75, 3.05) is 30.3 Å². The quantitative estimate of drug-likeness (QED) is 0.543. The third-order valence-corrected chi connectivity index (χ3v) is 7.01. The first kappa shape index (κ1) is 22.9. The van der Waals surface area contributed by atoms with Crippen LogP contribution in [0.1, 0.15) is 13.8 Å². The van der Waals surface area contributed by atoms with Gasteiger partial charge in [0.25, 0.3) is 0 Å². The minimum absolute atomic E-state index is 0.0618. The van der Waals surface area contributed by atoms with Gasteiger partial charge in [0.2, 0.25) is 15.9 Å². The van der Waals surface area contributed by atoms with Gasteiger partial charge >= 0.3 is 0 Å². The van der Waals surface area contributed by atoms with Crippen molar-refractivity contribution >= 4 is 27.3 Å². The standard InChI is InChI=1S/C22H26N6O4S/c1-16-12-27(13-17(2)32-16)33(30,31)21-9-5-19(6-10-21)26-22(29)11-24-18-3-7-20(8-4-18)28-15-23-14-25-28/h3-10,14-17,24H,11-13H2,1-2H3,(H,26,29). The zero-order chi connectivity index (χ0) is 23.4. The van der Waals surface area contributed by atoms with E-state index >= 15 is 0 Å². The van der Waals surface area contributed by atoms with E-state index < -0.39 is 10.0 Å². The number of amides is 1. The second kappa shape index (κ2) is 9.69. The molecule has 33 heavy (non-hydrogen) atoms. The predicted molar refractivity (Wildman–Crippen MR) is 124 cm³/mol. The Morgan fingerprint density at radius 1 is 1.03 bits per heavy atom. The van der Waals surface area contributed by atoms with Crippen molar-refractivity contribution in [2.24, 2.45) is 0 Å². The molecule has 0 spiro atoms. The number of hydrogen-bond acceptors (Lipinski definition) is 7. The van der Waals surface area contributed by atoms with Gasteiger partial charge in [-0.15, -0.1) is 0 Å². The average Bonchev–Trinajstić information content (AvgIpc) is 3.33. The molecule has 1 aromatic heterocycles. The molecule has 0 radical (unpaired) electrons. The first-order valence-corrected chi connectivity index (χ1v) is 12.0. The Kier molecular flexibility index (Phi) is 6.72. The molecule has 1 amide bonds. The van der Waals surface area contributed by atoms with E-state index in [0.717, 1.165) is 11.4 Å². The number of carbonyl (C=O) groups excluding carboxylic acids is 1. The Morgan fingerprint density at radius 2 is 1.67 bits per heavy atom. The van der Waals surface area contributed by atoms with Gasteiger partial charge in [0, 0.05) is 24.5 Å². The van der Waals surface area contributed by atoms with E-state index in [2.05, 4.69) is 20.7 Å². The summed E-state index contributed by atoms with van der Waals surface area (Å²) in [5.41, 5.74) is 2.16. The number of sulfonamides is 1. The monoisotopic (exact) mass is 470 g/mol. The first-order valence-electron chi connectivity index (χ1n) is 10.6. The van der Waals surface area contributed by atoms with Crippen LogP contribution >= 0.6 is 0 Å². The lowest BCUT2D eigenvalue weighted by Gasteiger charge is -2.34. The van der Waals surface area contributed by atoms with Crippen molar-refractivity contribution < 1.29 is 17.9 Å². The number of carbonyl (C=O) groups is 1. The maximum atomic E-state index is 12.9. The van der Waals surface area contributed by atoms with Crippen LogP contribution in [0.4, 0.5) is 11.4 Å². The number of ether oxygens (including phenoxy) is 1. The molecule has 4 rings (SSSR count). The Morgan fingerprint density at radius 3 is 2.27 bits per heavy atom. The topological polar surface area (TPSA) is 118 Å². The fraction of sp³-hybridized carbons (Fsp3) is 0.318. The maximum absolute atomic E-state index is 12.9. The highest BCUT2D eigenvalue weighted by Gasteiger charge is 2.32. The molecule has 1 fully saturated rings.